The van der Waals surface area contributed by atoms with Gasteiger partial charge in [0.1, 0.15) is 31.0 Å². The molecule has 0 aromatic carbocycles. The van der Waals surface area contributed by atoms with Crippen LogP contribution in [0.5, 0.6) is 0 Å². The predicted molar refractivity (Wildman–Crippen MR) is 119 cm³/mol. The van der Waals surface area contributed by atoms with Crippen LogP contribution in [-0.2, 0) is 43.0 Å². The lowest BCUT2D eigenvalue weighted by Crippen LogP contribution is -2.37. The number of esters is 4. The van der Waals surface area contributed by atoms with Crippen LogP contribution in [0.25, 0.3) is 0 Å². The summed E-state index contributed by atoms with van der Waals surface area (Å²) in [5.74, 6) is -3.64. The van der Waals surface area contributed by atoms with Gasteiger partial charge in [0.05, 0.1) is 18.1 Å². The van der Waals surface area contributed by atoms with Crippen LogP contribution in [0.1, 0.15) is 33.6 Å². The van der Waals surface area contributed by atoms with Gasteiger partial charge in [0.2, 0.25) is 0 Å². The third-order valence-corrected chi connectivity index (χ3v) is 5.67. The molecule has 2 unspecified atom stereocenters. The summed E-state index contributed by atoms with van der Waals surface area (Å²) in [4.78, 5) is 52.7. The summed E-state index contributed by atoms with van der Waals surface area (Å²) in [7, 11) is 0. The predicted octanol–water partition coefficient (Wildman–Crippen LogP) is 1.56. The molecule has 2 N–H and O–H groups in total. The Morgan fingerprint density at radius 1 is 1.17 bits per heavy atom. The topological polar surface area (TPSA) is 155 Å². The number of hydrogen-bond donors (Lipinski definition) is 2. The lowest BCUT2D eigenvalue weighted by atomic mass is 9.83. The van der Waals surface area contributed by atoms with Gasteiger partial charge in [-0.1, -0.05) is 13.2 Å². The standard InChI is InChI=1S/C24H30O11/c1-12-8-20-22(14(3)23(28)33-20)21(34-24(29)17(6-7-25)11-31-15(4)26)9-13(2)19(35-30)10-18(12)32-16(5)27/h6,8,18-22,25,30H,2-3,7,9-11H2,1,4-5H3/b12-8-,17-6+/t18?,19-,20-,21?,22+/m1/s1. The van der Waals surface area contributed by atoms with Crippen molar-refractivity contribution in [3.8, 4) is 0 Å². The van der Waals surface area contributed by atoms with Crippen LogP contribution in [0.2, 0.25) is 0 Å². The quantitative estimate of drug-likeness (QED) is 0.132. The van der Waals surface area contributed by atoms with Gasteiger partial charge in [0.25, 0.3) is 0 Å². The van der Waals surface area contributed by atoms with Crippen LogP contribution in [0.15, 0.2) is 47.6 Å². The second-order valence-corrected chi connectivity index (χ2v) is 8.26. The lowest BCUT2D eigenvalue weighted by Gasteiger charge is -2.31. The largest absolute Gasteiger partial charge is 0.461 e. The zero-order valence-electron chi connectivity index (χ0n) is 19.9. The molecule has 0 amide bonds. The Kier molecular flexibility index (Phi) is 9.93. The molecular formula is C24H30O11. The molecule has 11 heteroatoms. The Balaban J connectivity index is 2.47. The second kappa shape index (κ2) is 12.4. The molecule has 1 aliphatic heterocycles. The summed E-state index contributed by atoms with van der Waals surface area (Å²) in [6.07, 6.45) is -1.12. The molecule has 1 heterocycles. The van der Waals surface area contributed by atoms with Gasteiger partial charge in [0.15, 0.2) is 0 Å². The van der Waals surface area contributed by atoms with E-state index in [0.717, 1.165) is 13.0 Å². The summed E-state index contributed by atoms with van der Waals surface area (Å²) in [6, 6.07) is 0. The average Bonchev–Trinajstić information content (AvgIpc) is 3.05. The molecule has 11 nitrogen and oxygen atoms in total. The molecule has 2 aliphatic rings. The molecule has 1 fully saturated rings. The number of carbonyl (C=O) groups excluding carboxylic acids is 4. The lowest BCUT2D eigenvalue weighted by molar-refractivity contribution is -0.273. The van der Waals surface area contributed by atoms with Crippen LogP contribution in [-0.4, -0.2) is 71.9 Å². The van der Waals surface area contributed by atoms with Crippen molar-refractivity contribution in [2.75, 3.05) is 13.2 Å². The zero-order chi connectivity index (χ0) is 26.3. The van der Waals surface area contributed by atoms with Gasteiger partial charge in [-0.25, -0.2) is 14.5 Å². The number of aliphatic hydroxyl groups is 1. The van der Waals surface area contributed by atoms with E-state index in [0.29, 0.717) is 5.57 Å². The molecule has 0 radical (unpaired) electrons. The third kappa shape index (κ3) is 7.35. The number of carbonyl (C=O) groups is 4. The Hall–Kier alpha value is -3.28. The van der Waals surface area contributed by atoms with Crippen molar-refractivity contribution in [1.82, 2.24) is 0 Å². The molecule has 0 saturated carbocycles. The monoisotopic (exact) mass is 494 g/mol. The van der Waals surface area contributed by atoms with Crippen LogP contribution in [0.3, 0.4) is 0 Å². The molecule has 1 aliphatic carbocycles. The smallest absolute Gasteiger partial charge is 0.337 e. The summed E-state index contributed by atoms with van der Waals surface area (Å²) in [5.41, 5.74) is 0.726. The summed E-state index contributed by atoms with van der Waals surface area (Å²) >= 11 is 0. The maximum absolute atomic E-state index is 12.9. The van der Waals surface area contributed by atoms with Gasteiger partial charge < -0.3 is 24.1 Å². The molecule has 0 spiro atoms. The molecule has 5 atom stereocenters. The number of hydrogen-bond acceptors (Lipinski definition) is 11. The fraction of sp³-hybridized carbons (Fsp3) is 0.500. The number of ether oxygens (including phenoxy) is 4. The molecule has 0 aromatic heterocycles. The molecule has 2 rings (SSSR count). The van der Waals surface area contributed by atoms with Gasteiger partial charge in [-0.3, -0.25) is 14.8 Å². The highest BCUT2D eigenvalue weighted by atomic mass is 17.1. The third-order valence-electron chi connectivity index (χ3n) is 5.67. The van der Waals surface area contributed by atoms with Gasteiger partial charge >= 0.3 is 23.9 Å². The second-order valence-electron chi connectivity index (χ2n) is 8.26. The average molecular weight is 494 g/mol. The van der Waals surface area contributed by atoms with Crippen LogP contribution >= 0.6 is 0 Å². The van der Waals surface area contributed by atoms with Gasteiger partial charge in [-0.2, -0.15) is 0 Å². The molecule has 192 valence electrons. The van der Waals surface area contributed by atoms with Crippen LogP contribution in [0.4, 0.5) is 0 Å². The highest BCUT2D eigenvalue weighted by Gasteiger charge is 2.46. The summed E-state index contributed by atoms with van der Waals surface area (Å²) in [5, 5.41) is 18.8. The van der Waals surface area contributed by atoms with Crippen LogP contribution in [0, 0.1) is 5.92 Å². The first-order valence-corrected chi connectivity index (χ1v) is 10.9. The van der Waals surface area contributed by atoms with Crippen molar-refractivity contribution in [1.29, 1.82) is 0 Å². The van der Waals surface area contributed by atoms with Gasteiger partial charge in [0, 0.05) is 32.3 Å². The van der Waals surface area contributed by atoms with Crippen molar-refractivity contribution in [2.24, 2.45) is 5.92 Å². The first-order valence-electron chi connectivity index (χ1n) is 10.9. The van der Waals surface area contributed by atoms with E-state index < -0.39 is 67.4 Å². The minimum absolute atomic E-state index is 0.00626. The van der Waals surface area contributed by atoms with E-state index in [1.807, 2.05) is 0 Å². The van der Waals surface area contributed by atoms with E-state index in [-0.39, 0.29) is 29.6 Å². The fourth-order valence-electron chi connectivity index (χ4n) is 3.89. The molecule has 0 bridgehead atoms. The SMILES string of the molecule is C=C1C(=O)O[C@@H]2/C=C(/C)C(OC(C)=O)C[C@@H](OO)C(=C)CC(OC(=O)/C(=C/CO)COC(C)=O)[C@@H]12. The van der Waals surface area contributed by atoms with E-state index in [2.05, 4.69) is 18.0 Å². The molecular weight excluding hydrogens is 464 g/mol. The molecule has 35 heavy (non-hydrogen) atoms. The van der Waals surface area contributed by atoms with Crippen molar-refractivity contribution in [3.05, 3.63) is 47.6 Å². The highest BCUT2D eigenvalue weighted by molar-refractivity contribution is 5.92. The van der Waals surface area contributed by atoms with E-state index in [4.69, 9.17) is 18.9 Å². The van der Waals surface area contributed by atoms with Gasteiger partial charge in [-0.15, -0.1) is 0 Å². The maximum Gasteiger partial charge on any atom is 0.337 e. The first kappa shape index (κ1) is 28.0. The first-order chi connectivity index (χ1) is 16.5. The molecule has 1 saturated heterocycles. The van der Waals surface area contributed by atoms with Crippen molar-refractivity contribution in [2.45, 2.75) is 58.0 Å². The van der Waals surface area contributed by atoms with Crippen molar-refractivity contribution < 1.29 is 53.4 Å². The minimum atomic E-state index is -1.05. The van der Waals surface area contributed by atoms with Crippen LogP contribution < -0.4 is 0 Å². The summed E-state index contributed by atoms with van der Waals surface area (Å²) < 4.78 is 21.3. The Morgan fingerprint density at radius 3 is 2.43 bits per heavy atom. The molecule has 0 aromatic rings. The van der Waals surface area contributed by atoms with Crippen molar-refractivity contribution >= 4 is 23.9 Å². The van der Waals surface area contributed by atoms with E-state index in [1.165, 1.54) is 6.92 Å². The van der Waals surface area contributed by atoms with Crippen molar-refractivity contribution in [3.63, 3.8) is 0 Å². The summed E-state index contributed by atoms with van der Waals surface area (Å²) in [6.45, 7) is 10.8. The Labute approximate surface area is 202 Å². The highest BCUT2D eigenvalue weighted by Crippen LogP contribution is 2.38. The number of fused-ring (bicyclic) bond motifs is 1. The van der Waals surface area contributed by atoms with E-state index in [1.54, 1.807) is 13.0 Å². The normalized spacial score (nSPS) is 28.8. The van der Waals surface area contributed by atoms with Gasteiger partial charge in [-0.05, 0) is 30.2 Å². The Morgan fingerprint density at radius 2 is 1.86 bits per heavy atom. The van der Waals surface area contributed by atoms with E-state index in [9.17, 15) is 29.5 Å². The Bertz CT molecular complexity index is 945. The maximum atomic E-state index is 12.9. The number of aliphatic hydroxyl groups excluding tert-OH is 1. The zero-order valence-corrected chi connectivity index (χ0v) is 19.9. The van der Waals surface area contributed by atoms with E-state index >= 15 is 0 Å². The minimum Gasteiger partial charge on any atom is -0.461 e. The fourth-order valence-corrected chi connectivity index (χ4v) is 3.89. The number of rotatable bonds is 7.